The highest BCUT2D eigenvalue weighted by Gasteiger charge is 2.38. The van der Waals surface area contributed by atoms with Gasteiger partial charge in [-0.05, 0) is 90.5 Å². The summed E-state index contributed by atoms with van der Waals surface area (Å²) in [6.45, 7) is 3.04. The number of nitrogens with zero attached hydrogens (tertiary/aromatic N) is 2. The molecule has 12 heteroatoms. The molecule has 0 amide bonds. The largest absolute Gasteiger partial charge is 0.493 e. The van der Waals surface area contributed by atoms with Crippen LogP contribution in [0.5, 0.6) is 11.5 Å². The highest BCUT2D eigenvalue weighted by atomic mass is 35.5. The fraction of sp³-hybridized carbons (Fsp3) is 0.342. The van der Waals surface area contributed by atoms with Crippen LogP contribution in [0.3, 0.4) is 0 Å². The Morgan fingerprint density at radius 2 is 1.66 bits per heavy atom. The molecule has 262 valence electrons. The maximum atomic E-state index is 14.2. The Hall–Kier alpha value is -4.22. The summed E-state index contributed by atoms with van der Waals surface area (Å²) in [6, 6.07) is 17.2. The van der Waals surface area contributed by atoms with Crippen LogP contribution in [0.1, 0.15) is 57.6 Å². The number of methoxy groups -OCH3 is 2. The molecule has 1 N–H and O–H groups in total. The smallest absolute Gasteiger partial charge is 0.338 e. The van der Waals surface area contributed by atoms with Gasteiger partial charge in [-0.25, -0.2) is 14.0 Å². The standard InChI is InChI=1S/C38H38Cl2FN3O6/c1-47-32-11-10-26(17-34(32)48-2)33(18-29-30(39)20-42-21-31(29)40)49-37(45)25-8-6-23(7-9-25)19-43-36(27-4-3-5-28(41)16-27)38(46)50-35-22-44-14-12-24(35)13-15-44/h3-11,16-17,20-21,24,33,35-36,43H,12-15,18-19,22H2,1-2H3. The molecule has 3 fully saturated rings. The zero-order chi connectivity index (χ0) is 35.2. The van der Waals surface area contributed by atoms with Crippen LogP contribution < -0.4 is 14.8 Å². The number of fused-ring (bicyclic) bond motifs is 3. The minimum absolute atomic E-state index is 0.179. The molecule has 0 aliphatic carbocycles. The fourth-order valence-electron chi connectivity index (χ4n) is 6.56. The number of benzene rings is 3. The average molecular weight is 723 g/mol. The molecular weight excluding hydrogens is 684 g/mol. The van der Waals surface area contributed by atoms with Gasteiger partial charge in [0, 0.05) is 31.9 Å². The maximum Gasteiger partial charge on any atom is 0.338 e. The highest BCUT2D eigenvalue weighted by molar-refractivity contribution is 6.35. The molecule has 4 heterocycles. The summed E-state index contributed by atoms with van der Waals surface area (Å²) < 4.78 is 37.2. The van der Waals surface area contributed by atoms with Crippen molar-refractivity contribution in [2.45, 2.75) is 44.1 Å². The number of hydrogen-bond donors (Lipinski definition) is 1. The van der Waals surface area contributed by atoms with Gasteiger partial charge in [-0.2, -0.15) is 0 Å². The van der Waals surface area contributed by atoms with Crippen molar-refractivity contribution in [3.05, 3.63) is 123 Å². The highest BCUT2D eigenvalue weighted by Crippen LogP contribution is 2.36. The van der Waals surface area contributed by atoms with E-state index in [-0.39, 0.29) is 19.1 Å². The lowest BCUT2D eigenvalue weighted by Gasteiger charge is -2.44. The molecule has 4 aromatic rings. The van der Waals surface area contributed by atoms with Crippen molar-refractivity contribution >= 4 is 35.1 Å². The lowest BCUT2D eigenvalue weighted by Crippen LogP contribution is -2.52. The Labute approximate surface area is 300 Å². The van der Waals surface area contributed by atoms with E-state index in [0.717, 1.165) is 38.0 Å². The van der Waals surface area contributed by atoms with Crippen LogP contribution >= 0.6 is 23.2 Å². The van der Waals surface area contributed by atoms with E-state index in [2.05, 4.69) is 15.2 Å². The van der Waals surface area contributed by atoms with Gasteiger partial charge in [-0.1, -0.05) is 53.5 Å². The minimum Gasteiger partial charge on any atom is -0.493 e. The van der Waals surface area contributed by atoms with E-state index in [0.29, 0.717) is 49.7 Å². The predicted molar refractivity (Wildman–Crippen MR) is 187 cm³/mol. The third kappa shape index (κ3) is 8.38. The normalized spacial score (nSPS) is 19.3. The molecule has 0 spiro atoms. The van der Waals surface area contributed by atoms with Crippen molar-refractivity contribution < 1.29 is 32.9 Å². The number of esters is 2. The van der Waals surface area contributed by atoms with Gasteiger partial charge in [-0.3, -0.25) is 15.2 Å². The Kier molecular flexibility index (Phi) is 11.5. The van der Waals surface area contributed by atoms with Crippen LogP contribution in [0.4, 0.5) is 4.39 Å². The quantitative estimate of drug-likeness (QED) is 0.144. The molecule has 3 aliphatic rings. The molecule has 50 heavy (non-hydrogen) atoms. The third-order valence-electron chi connectivity index (χ3n) is 9.35. The summed E-state index contributed by atoms with van der Waals surface area (Å²) in [5, 5.41) is 3.94. The molecule has 3 aliphatic heterocycles. The second kappa shape index (κ2) is 16.2. The Bertz CT molecular complexity index is 1800. The fourth-order valence-corrected chi connectivity index (χ4v) is 7.08. The summed E-state index contributed by atoms with van der Waals surface area (Å²) >= 11 is 12.9. The lowest BCUT2D eigenvalue weighted by atomic mass is 9.86. The SMILES string of the molecule is COc1ccc(C(Cc2c(Cl)cncc2Cl)OC(=O)c2ccc(CNC(C(=O)OC3CN4CCC3CC4)c3cccc(F)c3)cc2)cc1OC. The first kappa shape index (κ1) is 35.6. The minimum atomic E-state index is -0.875. The number of hydrogen-bond acceptors (Lipinski definition) is 9. The van der Waals surface area contributed by atoms with Gasteiger partial charge >= 0.3 is 11.9 Å². The first-order valence-electron chi connectivity index (χ1n) is 16.4. The van der Waals surface area contributed by atoms with Crippen molar-refractivity contribution in [1.29, 1.82) is 0 Å². The summed E-state index contributed by atoms with van der Waals surface area (Å²) in [6.07, 6.45) is 4.20. The van der Waals surface area contributed by atoms with Gasteiger partial charge in [0.05, 0.1) is 29.8 Å². The molecule has 3 aromatic carbocycles. The summed E-state index contributed by atoms with van der Waals surface area (Å²) in [4.78, 5) is 33.4. The van der Waals surface area contributed by atoms with E-state index in [4.69, 9.17) is 42.1 Å². The van der Waals surface area contributed by atoms with Crippen LogP contribution in [0.25, 0.3) is 0 Å². The first-order valence-corrected chi connectivity index (χ1v) is 17.2. The molecule has 1 aromatic heterocycles. The Balaban J connectivity index is 1.16. The van der Waals surface area contributed by atoms with Gasteiger partial charge < -0.3 is 18.9 Å². The van der Waals surface area contributed by atoms with Gasteiger partial charge in [0.25, 0.3) is 0 Å². The topological polar surface area (TPSA) is 99.2 Å². The van der Waals surface area contributed by atoms with Gasteiger partial charge in [0.15, 0.2) is 11.5 Å². The van der Waals surface area contributed by atoms with Crippen molar-refractivity contribution in [3.63, 3.8) is 0 Å². The number of pyridine rings is 1. The van der Waals surface area contributed by atoms with E-state index in [1.54, 1.807) is 54.6 Å². The zero-order valence-corrected chi connectivity index (χ0v) is 29.3. The van der Waals surface area contributed by atoms with Gasteiger partial charge in [-0.15, -0.1) is 0 Å². The van der Waals surface area contributed by atoms with E-state index in [1.807, 2.05) is 0 Å². The van der Waals surface area contributed by atoms with E-state index >= 15 is 0 Å². The van der Waals surface area contributed by atoms with Gasteiger partial charge in [0.2, 0.25) is 0 Å². The number of piperidine rings is 3. The molecule has 3 saturated heterocycles. The number of ether oxygens (including phenoxy) is 4. The molecule has 3 atom stereocenters. The molecule has 9 nitrogen and oxygen atoms in total. The van der Waals surface area contributed by atoms with Crippen molar-refractivity contribution in [1.82, 2.24) is 15.2 Å². The number of aromatic nitrogens is 1. The molecule has 7 rings (SSSR count). The number of carbonyl (C=O) groups excluding carboxylic acids is 2. The van der Waals surface area contributed by atoms with Crippen LogP contribution in [-0.2, 0) is 27.2 Å². The van der Waals surface area contributed by atoms with Gasteiger partial charge in [0.1, 0.15) is 24.1 Å². The first-order chi connectivity index (χ1) is 24.2. The second-order valence-corrected chi connectivity index (χ2v) is 13.3. The average Bonchev–Trinajstić information content (AvgIpc) is 3.13. The van der Waals surface area contributed by atoms with Crippen LogP contribution in [0, 0.1) is 11.7 Å². The molecule has 0 radical (unpaired) electrons. The molecule has 3 unspecified atom stereocenters. The van der Waals surface area contributed by atoms with Crippen molar-refractivity contribution in [2.24, 2.45) is 5.92 Å². The number of nitrogens with one attached hydrogen (secondary N) is 1. The maximum absolute atomic E-state index is 14.2. The third-order valence-corrected chi connectivity index (χ3v) is 10.0. The van der Waals surface area contributed by atoms with Crippen LogP contribution in [-0.4, -0.2) is 61.8 Å². The Morgan fingerprint density at radius 3 is 2.30 bits per heavy atom. The van der Waals surface area contributed by atoms with Crippen molar-refractivity contribution in [3.8, 4) is 11.5 Å². The molecule has 2 bridgehead atoms. The zero-order valence-electron chi connectivity index (χ0n) is 27.7. The lowest BCUT2D eigenvalue weighted by molar-refractivity contribution is -0.161. The Morgan fingerprint density at radius 1 is 0.940 bits per heavy atom. The second-order valence-electron chi connectivity index (χ2n) is 12.5. The summed E-state index contributed by atoms with van der Waals surface area (Å²) in [5.41, 5.74) is 2.82. The summed E-state index contributed by atoms with van der Waals surface area (Å²) in [7, 11) is 3.06. The number of rotatable bonds is 13. The van der Waals surface area contributed by atoms with Crippen LogP contribution in [0.2, 0.25) is 10.0 Å². The van der Waals surface area contributed by atoms with Crippen molar-refractivity contribution in [2.75, 3.05) is 33.9 Å². The van der Waals surface area contributed by atoms with E-state index in [9.17, 15) is 14.0 Å². The predicted octanol–water partition coefficient (Wildman–Crippen LogP) is 7.15. The summed E-state index contributed by atoms with van der Waals surface area (Å²) in [5.74, 6) is -0.104. The van der Waals surface area contributed by atoms with E-state index in [1.165, 1.54) is 38.7 Å². The monoisotopic (exact) mass is 721 g/mol. The van der Waals surface area contributed by atoms with Crippen LogP contribution in [0.15, 0.2) is 79.1 Å². The number of halogens is 3. The van der Waals surface area contributed by atoms with E-state index < -0.39 is 29.9 Å². The molecular formula is C38H38Cl2FN3O6. The molecule has 0 saturated carbocycles. The number of carbonyl (C=O) groups is 2.